The maximum absolute atomic E-state index is 13.5. The summed E-state index contributed by atoms with van der Waals surface area (Å²) in [5, 5.41) is 24.3. The number of benzene rings is 2. The number of halogens is 1. The Bertz CT molecular complexity index is 823. The number of phenols is 1. The molecule has 0 fully saturated rings. The van der Waals surface area contributed by atoms with Gasteiger partial charge in [0.15, 0.2) is 5.75 Å². The molecule has 9 heteroatoms. The molecule has 124 valence electrons. The Hall–Kier alpha value is -3.49. The summed E-state index contributed by atoms with van der Waals surface area (Å²) in [7, 11) is 1.17. The van der Waals surface area contributed by atoms with Crippen molar-refractivity contribution in [3.8, 4) is 11.5 Å². The lowest BCUT2D eigenvalue weighted by Crippen LogP contribution is -2.19. The lowest BCUT2D eigenvalue weighted by molar-refractivity contribution is -0.386. The Labute approximate surface area is 135 Å². The highest BCUT2D eigenvalue weighted by atomic mass is 19.1. The first-order valence-electron chi connectivity index (χ1n) is 6.58. The number of hydrazone groups is 1. The quantitative estimate of drug-likeness (QED) is 0.495. The van der Waals surface area contributed by atoms with E-state index in [2.05, 4.69) is 10.5 Å². The predicted octanol–water partition coefficient (Wildman–Crippen LogP) is 2.21. The van der Waals surface area contributed by atoms with Gasteiger partial charge in [-0.25, -0.2) is 9.82 Å². The van der Waals surface area contributed by atoms with Crippen LogP contribution in [0, 0.1) is 15.9 Å². The van der Waals surface area contributed by atoms with Crippen LogP contribution in [-0.4, -0.2) is 29.3 Å². The number of nitro benzene ring substituents is 1. The number of carbonyl (C=O) groups is 1. The van der Waals surface area contributed by atoms with Crippen LogP contribution in [0.15, 0.2) is 41.5 Å². The van der Waals surface area contributed by atoms with Crippen molar-refractivity contribution >= 4 is 17.8 Å². The van der Waals surface area contributed by atoms with Crippen molar-refractivity contribution in [2.75, 3.05) is 7.11 Å². The number of methoxy groups -OCH3 is 1. The summed E-state index contributed by atoms with van der Waals surface area (Å²) in [5.41, 5.74) is 1.33. The third-order valence-electron chi connectivity index (χ3n) is 3.02. The minimum absolute atomic E-state index is 0.0107. The summed E-state index contributed by atoms with van der Waals surface area (Å²) >= 11 is 0. The minimum Gasteiger partial charge on any atom is -0.504 e. The minimum atomic E-state index is -0.808. The molecule has 0 atom stereocenters. The first-order valence-corrected chi connectivity index (χ1v) is 6.58. The van der Waals surface area contributed by atoms with E-state index in [9.17, 15) is 24.4 Å². The van der Waals surface area contributed by atoms with Crippen molar-refractivity contribution in [2.45, 2.75) is 0 Å². The second kappa shape index (κ2) is 7.18. The summed E-state index contributed by atoms with van der Waals surface area (Å²) in [6, 6.07) is 7.72. The number of aromatic hydroxyl groups is 1. The number of ether oxygens (including phenoxy) is 1. The van der Waals surface area contributed by atoms with E-state index in [0.717, 1.165) is 12.3 Å². The summed E-state index contributed by atoms with van der Waals surface area (Å²) < 4.78 is 18.3. The van der Waals surface area contributed by atoms with Crippen molar-refractivity contribution in [3.63, 3.8) is 0 Å². The van der Waals surface area contributed by atoms with Crippen LogP contribution in [0.2, 0.25) is 0 Å². The van der Waals surface area contributed by atoms with Crippen LogP contribution in [0.4, 0.5) is 10.1 Å². The first kappa shape index (κ1) is 16.9. The zero-order valence-electron chi connectivity index (χ0n) is 12.4. The monoisotopic (exact) mass is 333 g/mol. The number of amides is 1. The number of nitrogens with zero attached hydrogens (tertiary/aromatic N) is 2. The average Bonchev–Trinajstić information content (AvgIpc) is 2.55. The van der Waals surface area contributed by atoms with Gasteiger partial charge in [0, 0.05) is 0 Å². The van der Waals surface area contributed by atoms with E-state index >= 15 is 0 Å². The van der Waals surface area contributed by atoms with E-state index in [1.807, 2.05) is 0 Å². The standard InChI is InChI=1S/C15H12FN3O5/c1-24-14-12(20)7-6-9(13(14)19(22)23)8-17-18-15(21)10-4-2-3-5-11(10)16/h2-8,20H,1H3,(H,18,21). The topological polar surface area (TPSA) is 114 Å². The molecule has 8 nitrogen and oxygen atoms in total. The van der Waals surface area contributed by atoms with Gasteiger partial charge in [-0.1, -0.05) is 12.1 Å². The smallest absolute Gasteiger partial charge is 0.323 e. The van der Waals surface area contributed by atoms with Crippen molar-refractivity contribution in [1.29, 1.82) is 0 Å². The number of phenolic OH excluding ortho intramolecular Hbond substituents is 1. The number of rotatable bonds is 5. The van der Waals surface area contributed by atoms with E-state index in [-0.39, 0.29) is 16.9 Å². The van der Waals surface area contributed by atoms with Crippen LogP contribution < -0.4 is 10.2 Å². The third kappa shape index (κ3) is 3.46. The summed E-state index contributed by atoms with van der Waals surface area (Å²) in [6.45, 7) is 0. The number of carbonyl (C=O) groups excluding carboxylic acids is 1. The molecule has 2 aromatic rings. The molecule has 0 aliphatic rings. The van der Waals surface area contributed by atoms with Crippen LogP contribution in [-0.2, 0) is 0 Å². The van der Waals surface area contributed by atoms with Crippen molar-refractivity contribution < 1.29 is 24.0 Å². The second-order valence-electron chi connectivity index (χ2n) is 4.49. The van der Waals surface area contributed by atoms with Gasteiger partial charge in [-0.15, -0.1) is 0 Å². The molecule has 0 heterocycles. The molecule has 24 heavy (non-hydrogen) atoms. The highest BCUT2D eigenvalue weighted by Gasteiger charge is 2.23. The molecule has 0 unspecified atom stereocenters. The van der Waals surface area contributed by atoms with Crippen molar-refractivity contribution in [2.24, 2.45) is 5.10 Å². The molecule has 0 aliphatic heterocycles. The highest BCUT2D eigenvalue weighted by Crippen LogP contribution is 2.37. The fourth-order valence-corrected chi connectivity index (χ4v) is 1.94. The van der Waals surface area contributed by atoms with Crippen LogP contribution in [0.25, 0.3) is 0 Å². The van der Waals surface area contributed by atoms with Gasteiger partial charge in [0.25, 0.3) is 5.91 Å². The summed E-state index contributed by atoms with van der Waals surface area (Å²) in [6.07, 6.45) is 0.999. The van der Waals surface area contributed by atoms with Crippen LogP contribution >= 0.6 is 0 Å². The maximum atomic E-state index is 13.5. The third-order valence-corrected chi connectivity index (χ3v) is 3.02. The Kier molecular flexibility index (Phi) is 5.05. The van der Waals surface area contributed by atoms with Gasteiger partial charge in [-0.2, -0.15) is 5.10 Å². The zero-order chi connectivity index (χ0) is 17.7. The van der Waals surface area contributed by atoms with Gasteiger partial charge in [0.05, 0.1) is 29.4 Å². The second-order valence-corrected chi connectivity index (χ2v) is 4.49. The molecule has 2 aromatic carbocycles. The van der Waals surface area contributed by atoms with E-state index in [1.54, 1.807) is 0 Å². The van der Waals surface area contributed by atoms with E-state index in [4.69, 9.17) is 4.74 Å². The van der Waals surface area contributed by atoms with Gasteiger partial charge in [0.2, 0.25) is 5.75 Å². The molecule has 0 aromatic heterocycles. The van der Waals surface area contributed by atoms with Gasteiger partial charge < -0.3 is 9.84 Å². The summed E-state index contributed by atoms with van der Waals surface area (Å²) in [4.78, 5) is 22.2. The normalized spacial score (nSPS) is 10.6. The van der Waals surface area contributed by atoms with Gasteiger partial charge >= 0.3 is 5.69 Å². The Balaban J connectivity index is 2.25. The lowest BCUT2D eigenvalue weighted by atomic mass is 10.1. The predicted molar refractivity (Wildman–Crippen MR) is 82.8 cm³/mol. The average molecular weight is 333 g/mol. The molecule has 0 aliphatic carbocycles. The Morgan fingerprint density at radius 2 is 2.08 bits per heavy atom. The molecule has 0 saturated heterocycles. The molecule has 0 saturated carbocycles. The molecule has 0 radical (unpaired) electrons. The molecular formula is C15H12FN3O5. The highest BCUT2D eigenvalue weighted by molar-refractivity contribution is 5.95. The number of nitro groups is 1. The van der Waals surface area contributed by atoms with E-state index < -0.39 is 28.1 Å². The fraction of sp³-hybridized carbons (Fsp3) is 0.0667. The van der Waals surface area contributed by atoms with Crippen LogP contribution in [0.5, 0.6) is 11.5 Å². The molecular weight excluding hydrogens is 321 g/mol. The molecule has 0 bridgehead atoms. The molecule has 2 N–H and O–H groups in total. The SMILES string of the molecule is COc1c(O)ccc(C=NNC(=O)c2ccccc2F)c1[N+](=O)[O-]. The van der Waals surface area contributed by atoms with Gasteiger partial charge in [0.1, 0.15) is 5.82 Å². The molecule has 1 amide bonds. The fourth-order valence-electron chi connectivity index (χ4n) is 1.94. The largest absolute Gasteiger partial charge is 0.504 e. The van der Waals surface area contributed by atoms with Crippen molar-refractivity contribution in [1.82, 2.24) is 5.43 Å². The summed E-state index contributed by atoms with van der Waals surface area (Å²) in [5.74, 6) is -2.26. The number of hydrogen-bond acceptors (Lipinski definition) is 6. The van der Waals surface area contributed by atoms with Crippen LogP contribution in [0.1, 0.15) is 15.9 Å². The Morgan fingerprint density at radius 1 is 1.38 bits per heavy atom. The molecule has 0 spiro atoms. The first-order chi connectivity index (χ1) is 11.5. The van der Waals surface area contributed by atoms with Gasteiger partial charge in [-0.3, -0.25) is 14.9 Å². The van der Waals surface area contributed by atoms with E-state index in [0.29, 0.717) is 0 Å². The van der Waals surface area contributed by atoms with Crippen LogP contribution in [0.3, 0.4) is 0 Å². The maximum Gasteiger partial charge on any atom is 0.323 e. The van der Waals surface area contributed by atoms with E-state index in [1.165, 1.54) is 37.4 Å². The number of hydrogen-bond donors (Lipinski definition) is 2. The number of nitrogens with one attached hydrogen (secondary N) is 1. The Morgan fingerprint density at radius 3 is 2.71 bits per heavy atom. The van der Waals surface area contributed by atoms with Crippen molar-refractivity contribution in [3.05, 3.63) is 63.5 Å². The zero-order valence-corrected chi connectivity index (χ0v) is 12.4. The lowest BCUT2D eigenvalue weighted by Gasteiger charge is -2.06. The molecule has 2 rings (SSSR count). The van der Waals surface area contributed by atoms with Gasteiger partial charge in [-0.05, 0) is 24.3 Å².